The zero-order valence-corrected chi connectivity index (χ0v) is 13.5. The normalized spacial score (nSPS) is 11.8. The molecule has 1 unspecified atom stereocenters. The molecule has 8 heteroatoms. The third-order valence-electron chi connectivity index (χ3n) is 4.11. The molecule has 0 aliphatic carbocycles. The van der Waals surface area contributed by atoms with E-state index in [1.54, 1.807) is 23.1 Å². The summed E-state index contributed by atoms with van der Waals surface area (Å²) in [6.07, 6.45) is 10.2. The number of nitriles is 2. The molecule has 4 aromatic rings. The minimum atomic E-state index is -0.335. The largest absolute Gasteiger partial charge is 0.346 e. The molecule has 0 radical (unpaired) electrons. The molecular weight excluding hydrogens is 328 g/mol. The Bertz CT molecular complexity index is 1160. The van der Waals surface area contributed by atoms with Gasteiger partial charge in [-0.1, -0.05) is 0 Å². The van der Waals surface area contributed by atoms with E-state index >= 15 is 0 Å². The van der Waals surface area contributed by atoms with Crippen LogP contribution in [0.5, 0.6) is 0 Å². The molecule has 0 aliphatic heterocycles. The van der Waals surface area contributed by atoms with Gasteiger partial charge in [0.25, 0.3) is 0 Å². The van der Waals surface area contributed by atoms with Gasteiger partial charge in [0.2, 0.25) is 0 Å². The van der Waals surface area contributed by atoms with Gasteiger partial charge in [-0.05, 0) is 17.7 Å². The lowest BCUT2D eigenvalue weighted by molar-refractivity contribution is 0.531. The van der Waals surface area contributed by atoms with E-state index < -0.39 is 0 Å². The number of hydrogen-bond donors (Lipinski definition) is 1. The lowest BCUT2D eigenvalue weighted by atomic mass is 10.1. The highest BCUT2D eigenvalue weighted by atomic mass is 15.3. The third kappa shape index (κ3) is 2.66. The zero-order chi connectivity index (χ0) is 17.9. The standard InChI is InChI=1S/C18H12N8/c19-3-1-16(13-5-12(6-20)7-21-8-13)26-10-14(9-25-26)17-15-2-4-22-18(15)24-11-23-17/h2,4-5,7-11,16H,1H2,(H,22,23,24). The number of nitrogens with zero attached hydrogens (tertiary/aromatic N) is 7. The number of fused-ring (bicyclic) bond motifs is 1. The van der Waals surface area contributed by atoms with E-state index in [0.29, 0.717) is 5.56 Å². The summed E-state index contributed by atoms with van der Waals surface area (Å²) in [6.45, 7) is 0. The van der Waals surface area contributed by atoms with E-state index in [1.165, 1.54) is 12.5 Å². The minimum Gasteiger partial charge on any atom is -0.346 e. The van der Waals surface area contributed by atoms with Crippen LogP contribution in [0.25, 0.3) is 22.3 Å². The topological polar surface area (TPSA) is 120 Å². The third-order valence-corrected chi connectivity index (χ3v) is 4.11. The van der Waals surface area contributed by atoms with Crippen LogP contribution in [-0.2, 0) is 0 Å². The molecule has 0 aromatic carbocycles. The molecular formula is C18H12N8. The van der Waals surface area contributed by atoms with Gasteiger partial charge < -0.3 is 4.98 Å². The Morgan fingerprint density at radius 1 is 1.19 bits per heavy atom. The van der Waals surface area contributed by atoms with Crippen molar-refractivity contribution in [2.24, 2.45) is 0 Å². The van der Waals surface area contributed by atoms with Gasteiger partial charge in [-0.2, -0.15) is 15.6 Å². The Morgan fingerprint density at radius 2 is 2.12 bits per heavy atom. The summed E-state index contributed by atoms with van der Waals surface area (Å²) in [5.74, 6) is 0. The summed E-state index contributed by atoms with van der Waals surface area (Å²) < 4.78 is 1.71. The molecule has 4 aromatic heterocycles. The number of rotatable bonds is 4. The molecule has 8 nitrogen and oxygen atoms in total. The Kier molecular flexibility index (Phi) is 3.85. The molecule has 0 fully saturated rings. The van der Waals surface area contributed by atoms with Crippen LogP contribution in [0, 0.1) is 22.7 Å². The van der Waals surface area contributed by atoms with E-state index in [0.717, 1.165) is 27.9 Å². The van der Waals surface area contributed by atoms with E-state index in [2.05, 4.69) is 37.2 Å². The van der Waals surface area contributed by atoms with Gasteiger partial charge in [-0.25, -0.2) is 9.97 Å². The molecule has 1 N–H and O–H groups in total. The molecule has 0 saturated carbocycles. The predicted octanol–water partition coefficient (Wildman–Crippen LogP) is 2.59. The summed E-state index contributed by atoms with van der Waals surface area (Å²) in [6, 6.07) is 7.55. The second kappa shape index (κ2) is 6.46. The molecule has 0 aliphatic rings. The number of nitrogens with one attached hydrogen (secondary N) is 1. The first-order chi connectivity index (χ1) is 12.8. The van der Waals surface area contributed by atoms with Gasteiger partial charge >= 0.3 is 0 Å². The predicted molar refractivity (Wildman–Crippen MR) is 92.4 cm³/mol. The summed E-state index contributed by atoms with van der Waals surface area (Å²) in [7, 11) is 0. The Labute approximate surface area is 148 Å². The van der Waals surface area contributed by atoms with E-state index in [-0.39, 0.29) is 12.5 Å². The van der Waals surface area contributed by atoms with Crippen LogP contribution in [0.1, 0.15) is 23.6 Å². The fourth-order valence-electron chi connectivity index (χ4n) is 2.88. The highest BCUT2D eigenvalue weighted by molar-refractivity contribution is 5.89. The molecule has 0 saturated heterocycles. The van der Waals surface area contributed by atoms with E-state index in [9.17, 15) is 5.26 Å². The second-order valence-corrected chi connectivity index (χ2v) is 5.67. The lowest BCUT2D eigenvalue weighted by Gasteiger charge is -2.14. The van der Waals surface area contributed by atoms with Crippen molar-refractivity contribution in [3.63, 3.8) is 0 Å². The second-order valence-electron chi connectivity index (χ2n) is 5.67. The van der Waals surface area contributed by atoms with Crippen LogP contribution in [0.2, 0.25) is 0 Å². The number of H-pyrrole nitrogens is 1. The average molecular weight is 340 g/mol. The van der Waals surface area contributed by atoms with Crippen LogP contribution in [0.15, 0.2) is 49.4 Å². The summed E-state index contributed by atoms with van der Waals surface area (Å²) in [4.78, 5) is 15.7. The van der Waals surface area contributed by atoms with Gasteiger partial charge in [0.15, 0.2) is 0 Å². The highest BCUT2D eigenvalue weighted by Gasteiger charge is 2.17. The first-order valence-electron chi connectivity index (χ1n) is 7.85. The lowest BCUT2D eigenvalue weighted by Crippen LogP contribution is -2.11. The molecule has 0 spiro atoms. The Morgan fingerprint density at radius 3 is 2.96 bits per heavy atom. The van der Waals surface area contributed by atoms with Gasteiger partial charge in [-0.3, -0.25) is 9.67 Å². The summed E-state index contributed by atoms with van der Waals surface area (Å²) >= 11 is 0. The van der Waals surface area contributed by atoms with Gasteiger partial charge in [0, 0.05) is 35.7 Å². The van der Waals surface area contributed by atoms with Crippen molar-refractivity contribution in [3.8, 4) is 23.4 Å². The van der Waals surface area contributed by atoms with Gasteiger partial charge in [0.1, 0.15) is 18.0 Å². The molecule has 0 amide bonds. The zero-order valence-electron chi connectivity index (χ0n) is 13.5. The van der Waals surface area contributed by atoms with Crippen molar-refractivity contribution in [1.82, 2.24) is 29.7 Å². The minimum absolute atomic E-state index is 0.209. The van der Waals surface area contributed by atoms with Crippen molar-refractivity contribution in [3.05, 3.63) is 60.6 Å². The fraction of sp³-hybridized carbons (Fsp3) is 0.111. The fourth-order valence-corrected chi connectivity index (χ4v) is 2.88. The first-order valence-corrected chi connectivity index (χ1v) is 7.85. The van der Waals surface area contributed by atoms with Crippen LogP contribution in [-0.4, -0.2) is 29.7 Å². The first kappa shape index (κ1) is 15.5. The Hall–Kier alpha value is -4.04. The van der Waals surface area contributed by atoms with Crippen molar-refractivity contribution < 1.29 is 0 Å². The molecule has 26 heavy (non-hydrogen) atoms. The quantitative estimate of drug-likeness (QED) is 0.609. The van der Waals surface area contributed by atoms with Gasteiger partial charge in [-0.15, -0.1) is 0 Å². The maximum atomic E-state index is 9.22. The number of hydrogen-bond acceptors (Lipinski definition) is 6. The van der Waals surface area contributed by atoms with Crippen molar-refractivity contribution in [2.75, 3.05) is 0 Å². The van der Waals surface area contributed by atoms with Crippen molar-refractivity contribution >= 4 is 11.0 Å². The van der Waals surface area contributed by atoms with Crippen LogP contribution in [0.4, 0.5) is 0 Å². The van der Waals surface area contributed by atoms with Crippen LogP contribution in [0.3, 0.4) is 0 Å². The van der Waals surface area contributed by atoms with Crippen molar-refractivity contribution in [2.45, 2.75) is 12.5 Å². The van der Waals surface area contributed by atoms with E-state index in [1.807, 2.05) is 18.5 Å². The maximum Gasteiger partial charge on any atom is 0.141 e. The van der Waals surface area contributed by atoms with Crippen LogP contribution < -0.4 is 0 Å². The molecule has 4 rings (SSSR count). The number of aromatic nitrogens is 6. The SMILES string of the molecule is N#CCC(c1cncc(C#N)c1)n1cc(-c2ncnc3[nH]ccc23)cn1. The molecule has 1 atom stereocenters. The maximum absolute atomic E-state index is 9.22. The molecule has 124 valence electrons. The average Bonchev–Trinajstić information content (AvgIpc) is 3.35. The molecule has 4 heterocycles. The molecule has 0 bridgehead atoms. The van der Waals surface area contributed by atoms with E-state index in [4.69, 9.17) is 5.26 Å². The van der Waals surface area contributed by atoms with Gasteiger partial charge in [0.05, 0.1) is 36.0 Å². The summed E-state index contributed by atoms with van der Waals surface area (Å²) in [5.41, 5.74) is 3.55. The number of pyridine rings is 1. The van der Waals surface area contributed by atoms with Crippen molar-refractivity contribution in [1.29, 1.82) is 10.5 Å². The Balaban J connectivity index is 1.76. The monoisotopic (exact) mass is 340 g/mol. The highest BCUT2D eigenvalue weighted by Crippen LogP contribution is 2.27. The summed E-state index contributed by atoms with van der Waals surface area (Å²) in [5, 5.41) is 23.6. The smallest absolute Gasteiger partial charge is 0.141 e. The van der Waals surface area contributed by atoms with Crippen LogP contribution >= 0.6 is 0 Å². The number of aromatic amines is 1.